The fourth-order valence-electron chi connectivity index (χ4n) is 4.03. The van der Waals surface area contributed by atoms with Crippen molar-refractivity contribution in [2.24, 2.45) is 0 Å². The molecule has 1 aliphatic heterocycles. The molecule has 0 N–H and O–H groups in total. The Hall–Kier alpha value is -3.11. The molecular weight excluding hydrogens is 443 g/mol. The van der Waals surface area contributed by atoms with Gasteiger partial charge in [0.2, 0.25) is 10.0 Å². The van der Waals surface area contributed by atoms with E-state index in [1.165, 1.54) is 27.5 Å². The number of sulfonamides is 1. The molecule has 1 aliphatic rings. The van der Waals surface area contributed by atoms with Crippen molar-refractivity contribution in [1.29, 1.82) is 0 Å². The van der Waals surface area contributed by atoms with Gasteiger partial charge in [-0.25, -0.2) is 13.4 Å². The Bertz CT molecular complexity index is 1410. The van der Waals surface area contributed by atoms with Crippen LogP contribution in [-0.4, -0.2) is 43.9 Å². The first-order valence-electron chi connectivity index (χ1n) is 9.94. The average molecular weight is 461 g/mol. The van der Waals surface area contributed by atoms with Gasteiger partial charge in [-0.3, -0.25) is 0 Å². The molecule has 0 spiro atoms. The van der Waals surface area contributed by atoms with Gasteiger partial charge >= 0.3 is 6.18 Å². The zero-order chi connectivity index (χ0) is 22.5. The van der Waals surface area contributed by atoms with E-state index >= 15 is 0 Å². The summed E-state index contributed by atoms with van der Waals surface area (Å²) in [4.78, 5) is 5.50. The highest BCUT2D eigenvalue weighted by Gasteiger charge is 2.37. The summed E-state index contributed by atoms with van der Waals surface area (Å²) in [5.41, 5.74) is 0.430. The molecular formula is C22H18F3N3O3S. The number of nitrogens with zero attached hydrogens (tertiary/aromatic N) is 3. The zero-order valence-electron chi connectivity index (χ0n) is 16.7. The van der Waals surface area contributed by atoms with E-state index in [0.717, 1.165) is 11.5 Å². The molecule has 32 heavy (non-hydrogen) atoms. The van der Waals surface area contributed by atoms with Gasteiger partial charge < -0.3 is 9.32 Å². The molecule has 5 rings (SSSR count). The Morgan fingerprint density at radius 3 is 2.34 bits per heavy atom. The van der Waals surface area contributed by atoms with Crippen LogP contribution >= 0.6 is 0 Å². The highest BCUT2D eigenvalue weighted by Crippen LogP contribution is 2.36. The van der Waals surface area contributed by atoms with Gasteiger partial charge in [0.05, 0.1) is 10.5 Å². The molecule has 2 aromatic heterocycles. The highest BCUT2D eigenvalue weighted by atomic mass is 32.2. The predicted molar refractivity (Wildman–Crippen MR) is 114 cm³/mol. The largest absolute Gasteiger partial charge is 0.456 e. The lowest BCUT2D eigenvalue weighted by atomic mass is 10.1. The van der Waals surface area contributed by atoms with Crippen LogP contribution in [0, 0.1) is 0 Å². The lowest BCUT2D eigenvalue weighted by molar-refractivity contribution is -0.137. The average Bonchev–Trinajstić information content (AvgIpc) is 3.16. The second-order valence-electron chi connectivity index (χ2n) is 7.52. The first-order chi connectivity index (χ1) is 15.2. The van der Waals surface area contributed by atoms with Crippen molar-refractivity contribution in [2.45, 2.75) is 11.1 Å². The van der Waals surface area contributed by atoms with Crippen LogP contribution in [0.4, 0.5) is 19.0 Å². The van der Waals surface area contributed by atoms with Gasteiger partial charge in [-0.05, 0) is 36.4 Å². The van der Waals surface area contributed by atoms with Crippen molar-refractivity contribution in [2.75, 3.05) is 31.1 Å². The fraction of sp³-hybridized carbons (Fsp3) is 0.227. The Morgan fingerprint density at radius 1 is 0.875 bits per heavy atom. The summed E-state index contributed by atoms with van der Waals surface area (Å²) >= 11 is 0. The third kappa shape index (κ3) is 3.49. The molecule has 0 saturated carbocycles. The molecule has 0 radical (unpaired) electrons. The number of pyridine rings is 1. The lowest BCUT2D eigenvalue weighted by Gasteiger charge is -2.35. The van der Waals surface area contributed by atoms with E-state index in [4.69, 9.17) is 4.42 Å². The number of aromatic nitrogens is 1. The van der Waals surface area contributed by atoms with E-state index in [-0.39, 0.29) is 36.9 Å². The van der Waals surface area contributed by atoms with Gasteiger partial charge in [0, 0.05) is 43.1 Å². The summed E-state index contributed by atoms with van der Waals surface area (Å²) in [6.07, 6.45) is -3.23. The molecule has 0 atom stereocenters. The Labute approximate surface area is 181 Å². The summed E-state index contributed by atoms with van der Waals surface area (Å²) in [5.74, 6) is -0.177. The molecule has 3 heterocycles. The molecule has 6 nitrogen and oxygen atoms in total. The van der Waals surface area contributed by atoms with Crippen LogP contribution in [-0.2, 0) is 16.2 Å². The summed E-state index contributed by atoms with van der Waals surface area (Å²) < 4.78 is 73.5. The zero-order valence-corrected chi connectivity index (χ0v) is 17.5. The Morgan fingerprint density at radius 2 is 1.59 bits per heavy atom. The van der Waals surface area contributed by atoms with Crippen LogP contribution in [0.1, 0.15) is 5.56 Å². The van der Waals surface area contributed by atoms with Crippen molar-refractivity contribution >= 4 is 37.8 Å². The van der Waals surface area contributed by atoms with Crippen LogP contribution in [0.15, 0.2) is 70.1 Å². The fourth-order valence-corrected chi connectivity index (χ4v) is 5.47. The van der Waals surface area contributed by atoms with E-state index in [1.54, 1.807) is 12.1 Å². The number of fused-ring (bicyclic) bond motifs is 3. The molecule has 166 valence electrons. The second kappa shape index (κ2) is 7.49. The van der Waals surface area contributed by atoms with Crippen LogP contribution < -0.4 is 4.90 Å². The topological polar surface area (TPSA) is 66.7 Å². The number of anilines is 1. The molecule has 2 aromatic carbocycles. The van der Waals surface area contributed by atoms with Crippen molar-refractivity contribution in [3.63, 3.8) is 0 Å². The number of benzene rings is 2. The van der Waals surface area contributed by atoms with Gasteiger partial charge in [0.1, 0.15) is 17.0 Å². The smallest absolute Gasteiger partial charge is 0.419 e. The predicted octanol–water partition coefficient (Wildman–Crippen LogP) is 4.51. The monoisotopic (exact) mass is 461 g/mol. The lowest BCUT2D eigenvalue weighted by Crippen LogP contribution is -2.49. The molecule has 10 heteroatoms. The number of hydrogen-bond acceptors (Lipinski definition) is 5. The Kier molecular flexibility index (Phi) is 4.86. The Balaban J connectivity index is 1.41. The minimum atomic E-state index is -4.53. The minimum absolute atomic E-state index is 0.0559. The summed E-state index contributed by atoms with van der Waals surface area (Å²) in [6.45, 7) is 0.327. The number of halogens is 3. The van der Waals surface area contributed by atoms with E-state index in [2.05, 4.69) is 4.98 Å². The highest BCUT2D eigenvalue weighted by molar-refractivity contribution is 7.89. The number of rotatable bonds is 3. The first-order valence-corrected chi connectivity index (χ1v) is 11.4. The number of alkyl halides is 3. The molecule has 1 fully saturated rings. The maximum atomic E-state index is 13.3. The molecule has 0 aliphatic carbocycles. The SMILES string of the molecule is O=S(=O)(c1ccc2oc3ccccc3c2c1)N1CCN(c2ncccc2C(F)(F)F)CC1. The van der Waals surface area contributed by atoms with Gasteiger partial charge in [0.25, 0.3) is 0 Å². The molecule has 4 aromatic rings. The molecule has 1 saturated heterocycles. The van der Waals surface area contributed by atoms with Crippen molar-refractivity contribution in [3.8, 4) is 0 Å². The van der Waals surface area contributed by atoms with Crippen molar-refractivity contribution < 1.29 is 26.0 Å². The number of hydrogen-bond donors (Lipinski definition) is 0. The van der Waals surface area contributed by atoms with Crippen LogP contribution in [0.2, 0.25) is 0 Å². The standard InChI is InChI=1S/C22H18F3N3O3S/c23-22(24,25)18-5-3-9-26-21(18)27-10-12-28(13-11-27)32(29,30)15-7-8-20-17(14-15)16-4-1-2-6-19(16)31-20/h1-9,14H,10-13H2. The maximum absolute atomic E-state index is 13.3. The number of para-hydroxylation sites is 1. The third-order valence-corrected chi connectivity index (χ3v) is 7.51. The van der Waals surface area contributed by atoms with Crippen LogP contribution in [0.3, 0.4) is 0 Å². The summed E-state index contributed by atoms with van der Waals surface area (Å²) in [7, 11) is -3.82. The van der Waals surface area contributed by atoms with Crippen molar-refractivity contribution in [1.82, 2.24) is 9.29 Å². The van der Waals surface area contributed by atoms with E-state index in [0.29, 0.717) is 16.6 Å². The second-order valence-corrected chi connectivity index (χ2v) is 9.46. The van der Waals surface area contributed by atoms with E-state index in [1.807, 2.05) is 24.3 Å². The summed E-state index contributed by atoms with van der Waals surface area (Å²) in [5, 5.41) is 1.52. The molecule has 0 unspecified atom stereocenters. The van der Waals surface area contributed by atoms with Gasteiger partial charge in [0.15, 0.2) is 0 Å². The quantitative estimate of drug-likeness (QED) is 0.449. The maximum Gasteiger partial charge on any atom is 0.419 e. The minimum Gasteiger partial charge on any atom is -0.456 e. The summed E-state index contributed by atoms with van der Waals surface area (Å²) in [6, 6.07) is 14.3. The van der Waals surface area contributed by atoms with Crippen molar-refractivity contribution in [3.05, 3.63) is 66.4 Å². The van der Waals surface area contributed by atoms with E-state index < -0.39 is 21.8 Å². The first kappa shape index (κ1) is 20.8. The van der Waals surface area contributed by atoms with Crippen LogP contribution in [0.25, 0.3) is 21.9 Å². The van der Waals surface area contributed by atoms with Gasteiger partial charge in [-0.2, -0.15) is 17.5 Å². The van der Waals surface area contributed by atoms with E-state index in [9.17, 15) is 21.6 Å². The molecule has 0 amide bonds. The number of furan rings is 1. The molecule has 0 bridgehead atoms. The van der Waals surface area contributed by atoms with Gasteiger partial charge in [-0.1, -0.05) is 18.2 Å². The van der Waals surface area contributed by atoms with Gasteiger partial charge in [-0.15, -0.1) is 0 Å². The van der Waals surface area contributed by atoms with Crippen LogP contribution in [0.5, 0.6) is 0 Å². The number of piperazine rings is 1. The normalized spacial score (nSPS) is 16.2. The third-order valence-electron chi connectivity index (χ3n) is 5.62.